The van der Waals surface area contributed by atoms with Crippen molar-refractivity contribution in [3.63, 3.8) is 0 Å². The molecule has 17 heavy (non-hydrogen) atoms. The number of nitrogens with zero attached hydrogens (tertiary/aromatic N) is 2. The van der Waals surface area contributed by atoms with Crippen molar-refractivity contribution in [1.29, 1.82) is 0 Å². The number of hydrogen-bond donors (Lipinski definition) is 1. The van der Waals surface area contributed by atoms with Gasteiger partial charge >= 0.3 is 0 Å². The first-order chi connectivity index (χ1) is 8.25. The third kappa shape index (κ3) is 2.33. The van der Waals surface area contributed by atoms with Crippen LogP contribution in [0.25, 0.3) is 0 Å². The van der Waals surface area contributed by atoms with Crippen LogP contribution in [-0.4, -0.2) is 54.0 Å². The quantitative estimate of drug-likeness (QED) is 0.757. The van der Waals surface area contributed by atoms with Gasteiger partial charge in [-0.2, -0.15) is 0 Å². The number of amides is 1. The van der Waals surface area contributed by atoms with Crippen molar-refractivity contribution in [3.05, 3.63) is 0 Å². The van der Waals surface area contributed by atoms with E-state index in [0.717, 1.165) is 38.4 Å². The number of nitrogens with two attached hydrogens (primary N) is 1. The smallest absolute Gasteiger partial charge is 0.227 e. The van der Waals surface area contributed by atoms with Crippen LogP contribution in [0.3, 0.4) is 0 Å². The van der Waals surface area contributed by atoms with E-state index < -0.39 is 0 Å². The van der Waals surface area contributed by atoms with E-state index in [1.807, 2.05) is 4.90 Å². The fourth-order valence-corrected chi connectivity index (χ4v) is 3.29. The minimum Gasteiger partial charge on any atom is -0.342 e. The summed E-state index contributed by atoms with van der Waals surface area (Å²) in [5.74, 6) is 0.468. The average Bonchev–Trinajstić information content (AvgIpc) is 2.88. The summed E-state index contributed by atoms with van der Waals surface area (Å²) in [5.41, 5.74) is 5.75. The Balaban J connectivity index is 1.48. The highest BCUT2D eigenvalue weighted by Gasteiger charge is 2.43. The van der Waals surface area contributed by atoms with Gasteiger partial charge in [-0.1, -0.05) is 0 Å². The second-order valence-electron chi connectivity index (χ2n) is 5.81. The minimum atomic E-state index is 0.151. The summed E-state index contributed by atoms with van der Waals surface area (Å²) in [4.78, 5) is 16.7. The van der Waals surface area contributed by atoms with Crippen molar-refractivity contribution in [3.8, 4) is 0 Å². The van der Waals surface area contributed by atoms with Crippen LogP contribution in [0.15, 0.2) is 0 Å². The van der Waals surface area contributed by atoms with Gasteiger partial charge in [0.15, 0.2) is 0 Å². The SMILES string of the molecule is NC1CC1C(=O)N1CCC(N2CCCC2)CC1. The molecule has 96 valence electrons. The first-order valence-corrected chi connectivity index (χ1v) is 7.04. The summed E-state index contributed by atoms with van der Waals surface area (Å²) >= 11 is 0. The molecule has 4 heteroatoms. The van der Waals surface area contributed by atoms with Gasteiger partial charge in [-0.25, -0.2) is 0 Å². The molecule has 1 amide bonds. The first kappa shape index (κ1) is 11.5. The molecule has 1 aliphatic carbocycles. The third-order valence-electron chi connectivity index (χ3n) is 4.59. The summed E-state index contributed by atoms with van der Waals surface area (Å²) in [7, 11) is 0. The molecule has 2 unspecified atom stereocenters. The van der Waals surface area contributed by atoms with E-state index in [2.05, 4.69) is 4.90 Å². The van der Waals surface area contributed by atoms with Crippen molar-refractivity contribution >= 4 is 5.91 Å². The van der Waals surface area contributed by atoms with E-state index in [1.165, 1.54) is 25.9 Å². The average molecular weight is 237 g/mol. The van der Waals surface area contributed by atoms with Gasteiger partial charge in [0.2, 0.25) is 5.91 Å². The number of carbonyl (C=O) groups excluding carboxylic acids is 1. The highest BCUT2D eigenvalue weighted by atomic mass is 16.2. The molecule has 2 atom stereocenters. The normalized spacial score (nSPS) is 35.2. The largest absolute Gasteiger partial charge is 0.342 e. The van der Waals surface area contributed by atoms with E-state index in [-0.39, 0.29) is 12.0 Å². The zero-order chi connectivity index (χ0) is 11.8. The Bertz CT molecular complexity index is 293. The second-order valence-corrected chi connectivity index (χ2v) is 5.81. The van der Waals surface area contributed by atoms with Crippen molar-refractivity contribution in [2.24, 2.45) is 11.7 Å². The first-order valence-electron chi connectivity index (χ1n) is 7.04. The molecule has 0 radical (unpaired) electrons. The third-order valence-corrected chi connectivity index (χ3v) is 4.59. The predicted octanol–water partition coefficient (Wildman–Crippen LogP) is 0.420. The summed E-state index contributed by atoms with van der Waals surface area (Å²) in [5, 5.41) is 0. The lowest BCUT2D eigenvalue weighted by Crippen LogP contribution is -2.46. The van der Waals surface area contributed by atoms with Crippen LogP contribution in [0, 0.1) is 5.92 Å². The van der Waals surface area contributed by atoms with Crippen molar-refractivity contribution < 1.29 is 4.79 Å². The molecule has 0 aromatic heterocycles. The maximum Gasteiger partial charge on any atom is 0.227 e. The van der Waals surface area contributed by atoms with Crippen LogP contribution in [0.5, 0.6) is 0 Å². The summed E-state index contributed by atoms with van der Waals surface area (Å²) in [6.45, 7) is 4.44. The Morgan fingerprint density at radius 3 is 2.18 bits per heavy atom. The molecule has 0 spiro atoms. The maximum atomic E-state index is 12.0. The number of rotatable bonds is 2. The van der Waals surface area contributed by atoms with Gasteiger partial charge < -0.3 is 15.5 Å². The van der Waals surface area contributed by atoms with Crippen molar-refractivity contribution in [2.45, 2.75) is 44.2 Å². The zero-order valence-corrected chi connectivity index (χ0v) is 10.5. The van der Waals surface area contributed by atoms with Gasteiger partial charge in [-0.15, -0.1) is 0 Å². The molecule has 3 fully saturated rings. The molecular weight excluding hydrogens is 214 g/mol. The number of likely N-dealkylation sites (tertiary alicyclic amines) is 2. The van der Waals surface area contributed by atoms with Crippen molar-refractivity contribution in [1.82, 2.24) is 9.80 Å². The van der Waals surface area contributed by atoms with Crippen molar-refractivity contribution in [2.75, 3.05) is 26.2 Å². The zero-order valence-electron chi connectivity index (χ0n) is 10.5. The van der Waals surface area contributed by atoms with Crippen LogP contribution < -0.4 is 5.73 Å². The molecule has 0 bridgehead atoms. The second kappa shape index (κ2) is 4.58. The van der Waals surface area contributed by atoms with E-state index in [9.17, 15) is 4.79 Å². The molecule has 4 nitrogen and oxygen atoms in total. The van der Waals surface area contributed by atoms with Crippen LogP contribution in [-0.2, 0) is 4.79 Å². The summed E-state index contributed by atoms with van der Waals surface area (Å²) in [6.07, 6.45) is 5.94. The van der Waals surface area contributed by atoms with Crippen LogP contribution in [0.2, 0.25) is 0 Å². The molecule has 2 aliphatic heterocycles. The lowest BCUT2D eigenvalue weighted by atomic mass is 10.0. The fourth-order valence-electron chi connectivity index (χ4n) is 3.29. The van der Waals surface area contributed by atoms with Gasteiger partial charge in [0, 0.05) is 25.2 Å². The van der Waals surface area contributed by atoms with E-state index in [1.54, 1.807) is 0 Å². The van der Waals surface area contributed by atoms with E-state index in [4.69, 9.17) is 5.73 Å². The number of piperidine rings is 1. The highest BCUT2D eigenvalue weighted by molar-refractivity contribution is 5.82. The lowest BCUT2D eigenvalue weighted by Gasteiger charge is -2.36. The van der Waals surface area contributed by atoms with Crippen LogP contribution in [0.4, 0.5) is 0 Å². The molecule has 1 saturated carbocycles. The summed E-state index contributed by atoms with van der Waals surface area (Å²) < 4.78 is 0. The Morgan fingerprint density at radius 2 is 1.65 bits per heavy atom. The molecule has 2 N–H and O–H groups in total. The molecule has 0 aromatic carbocycles. The standard InChI is InChI=1S/C13H23N3O/c14-12-9-11(12)13(17)16-7-3-10(4-8-16)15-5-1-2-6-15/h10-12H,1-9,14H2. The molecular formula is C13H23N3O. The van der Waals surface area contributed by atoms with E-state index >= 15 is 0 Å². The number of carbonyl (C=O) groups is 1. The molecule has 3 rings (SSSR count). The van der Waals surface area contributed by atoms with Crippen LogP contribution in [0.1, 0.15) is 32.1 Å². The lowest BCUT2D eigenvalue weighted by molar-refractivity contribution is -0.134. The Kier molecular flexibility index (Phi) is 3.09. The Hall–Kier alpha value is -0.610. The van der Waals surface area contributed by atoms with Gasteiger partial charge in [-0.3, -0.25) is 4.79 Å². The molecule has 2 heterocycles. The van der Waals surface area contributed by atoms with Gasteiger partial charge in [0.1, 0.15) is 0 Å². The van der Waals surface area contributed by atoms with Gasteiger partial charge in [0.05, 0.1) is 5.92 Å². The highest BCUT2D eigenvalue weighted by Crippen LogP contribution is 2.31. The predicted molar refractivity (Wildman–Crippen MR) is 66.5 cm³/mol. The Labute approximate surface area is 103 Å². The Morgan fingerprint density at radius 1 is 1.06 bits per heavy atom. The van der Waals surface area contributed by atoms with Crippen LogP contribution >= 0.6 is 0 Å². The summed E-state index contributed by atoms with van der Waals surface area (Å²) in [6, 6.07) is 0.883. The topological polar surface area (TPSA) is 49.6 Å². The molecule has 2 saturated heterocycles. The van der Waals surface area contributed by atoms with E-state index in [0.29, 0.717) is 5.91 Å². The maximum absolute atomic E-state index is 12.0. The monoisotopic (exact) mass is 237 g/mol. The number of hydrogen-bond acceptors (Lipinski definition) is 3. The fraction of sp³-hybridized carbons (Fsp3) is 0.923. The molecule has 0 aromatic rings. The molecule has 3 aliphatic rings. The van der Waals surface area contributed by atoms with Gasteiger partial charge in [0.25, 0.3) is 0 Å². The minimum absolute atomic E-state index is 0.151. The van der Waals surface area contributed by atoms with Gasteiger partial charge in [-0.05, 0) is 45.2 Å².